The van der Waals surface area contributed by atoms with E-state index in [1.807, 2.05) is 12.1 Å². The van der Waals surface area contributed by atoms with Gasteiger partial charge >= 0.3 is 0 Å². The van der Waals surface area contributed by atoms with Gasteiger partial charge in [0, 0.05) is 80.2 Å². The van der Waals surface area contributed by atoms with Crippen LogP contribution < -0.4 is 19.7 Å². The molecule has 0 saturated carbocycles. The number of amides is 2. The van der Waals surface area contributed by atoms with Crippen molar-refractivity contribution >= 4 is 60.3 Å². The molecule has 14 nitrogen and oxygen atoms in total. The first-order valence-electron chi connectivity index (χ1n) is 25.0. The van der Waals surface area contributed by atoms with Crippen LogP contribution in [0, 0.1) is 0 Å². The SMILES string of the molecule is CCCCCCCCS(=O)(=O)NCCC(=O)N=C1C(=C2C(=O)C(c3cc4c5c(c3NC(=O)CCNS(=O)(=O)CCCCCCCC)CCCN5CCC4)=C2O)C=C2CCCN3CCCC1=C23. The number of hydrogen-bond donors (Lipinski definition) is 4. The van der Waals surface area contributed by atoms with Gasteiger partial charge in [-0.25, -0.2) is 31.3 Å². The number of carbonyl (C=O) groups excluding carboxylic acids is 3. The third kappa shape index (κ3) is 11.9. The lowest BCUT2D eigenvalue weighted by atomic mass is 9.73. The molecule has 4 aliphatic heterocycles. The normalized spacial score (nSPS) is 20.1. The molecule has 1 saturated heterocycles. The first kappa shape index (κ1) is 49.8. The van der Waals surface area contributed by atoms with Crippen LogP contribution in [0.2, 0.25) is 0 Å². The Labute approximate surface area is 393 Å². The fourth-order valence-electron chi connectivity index (χ4n) is 10.6. The second kappa shape index (κ2) is 22.8. The Morgan fingerprint density at radius 3 is 1.94 bits per heavy atom. The number of unbranched alkanes of at least 4 members (excludes halogenated alkanes) is 10. The van der Waals surface area contributed by atoms with Crippen molar-refractivity contribution in [1.82, 2.24) is 14.3 Å². The van der Waals surface area contributed by atoms with Crippen LogP contribution in [0.15, 0.2) is 50.9 Å². The van der Waals surface area contributed by atoms with E-state index in [1.165, 1.54) is 0 Å². The Morgan fingerprint density at radius 1 is 0.712 bits per heavy atom. The molecule has 1 aromatic rings. The van der Waals surface area contributed by atoms with E-state index in [-0.39, 0.29) is 54.3 Å². The van der Waals surface area contributed by atoms with E-state index < -0.39 is 37.6 Å². The predicted molar refractivity (Wildman–Crippen MR) is 263 cm³/mol. The maximum absolute atomic E-state index is 14.8. The summed E-state index contributed by atoms with van der Waals surface area (Å²) in [7, 11) is -7.12. The van der Waals surface area contributed by atoms with Gasteiger partial charge in [0.2, 0.25) is 37.6 Å². The van der Waals surface area contributed by atoms with Crippen molar-refractivity contribution in [3.63, 3.8) is 0 Å². The Kier molecular flexibility index (Phi) is 17.2. The second-order valence-electron chi connectivity index (χ2n) is 18.9. The summed E-state index contributed by atoms with van der Waals surface area (Å²) in [6.07, 6.45) is 19.5. The third-order valence-electron chi connectivity index (χ3n) is 13.9. The van der Waals surface area contributed by atoms with Gasteiger partial charge in [0.15, 0.2) is 0 Å². The number of carbonyl (C=O) groups is 3. The van der Waals surface area contributed by atoms with E-state index in [1.54, 1.807) is 0 Å². The van der Waals surface area contributed by atoms with Gasteiger partial charge in [-0.05, 0) is 93.1 Å². The quantitative estimate of drug-likeness (QED) is 0.0586. The second-order valence-corrected chi connectivity index (χ2v) is 22.7. The lowest BCUT2D eigenvalue weighted by Crippen LogP contribution is -2.38. The number of Topliss-reactive ketones (excluding diaryl/α,β-unsaturated/α-hetero) is 1. The van der Waals surface area contributed by atoms with Crippen molar-refractivity contribution < 1.29 is 36.3 Å². The highest BCUT2D eigenvalue weighted by atomic mass is 32.2. The molecule has 362 valence electrons. The molecular weight excluding hydrogens is 877 g/mol. The van der Waals surface area contributed by atoms with E-state index in [0.717, 1.165) is 163 Å². The van der Waals surface area contributed by atoms with Crippen molar-refractivity contribution in [2.45, 2.75) is 155 Å². The molecule has 4 heterocycles. The van der Waals surface area contributed by atoms with E-state index in [4.69, 9.17) is 0 Å². The molecular formula is C50H72N6O8S2. The maximum Gasteiger partial charge on any atom is 0.247 e. The molecule has 2 aliphatic carbocycles. The Balaban J connectivity index is 1.15. The van der Waals surface area contributed by atoms with Gasteiger partial charge in [-0.15, -0.1) is 0 Å². The van der Waals surface area contributed by atoms with Crippen molar-refractivity contribution in [2.75, 3.05) is 61.0 Å². The number of aliphatic imine (C=N–C) groups is 1. The Hall–Kier alpha value is -4.12. The zero-order valence-corrected chi connectivity index (χ0v) is 41.0. The molecule has 6 aliphatic rings. The molecule has 0 unspecified atom stereocenters. The summed E-state index contributed by atoms with van der Waals surface area (Å²) < 4.78 is 56.2. The number of anilines is 2. The summed E-state index contributed by atoms with van der Waals surface area (Å²) in [6, 6.07) is 1.92. The van der Waals surface area contributed by atoms with Gasteiger partial charge in [-0.1, -0.05) is 78.1 Å². The number of nitrogens with zero attached hydrogens (tertiary/aromatic N) is 3. The summed E-state index contributed by atoms with van der Waals surface area (Å²) in [6.45, 7) is 7.62. The fourth-order valence-corrected chi connectivity index (χ4v) is 12.9. The molecule has 7 rings (SSSR count). The number of sulfonamides is 2. The molecule has 16 heteroatoms. The van der Waals surface area contributed by atoms with Crippen molar-refractivity contribution in [3.05, 3.63) is 62.6 Å². The molecule has 0 bridgehead atoms. The van der Waals surface area contributed by atoms with E-state index in [0.29, 0.717) is 48.2 Å². The number of ketones is 1. The smallest absolute Gasteiger partial charge is 0.247 e. The number of aliphatic hydroxyl groups excluding tert-OH is 1. The van der Waals surface area contributed by atoms with Gasteiger partial charge in [-0.2, -0.15) is 0 Å². The topological polar surface area (TPSA) is 195 Å². The average molecular weight is 949 g/mol. The number of aryl methyl sites for hydroxylation is 1. The van der Waals surface area contributed by atoms with E-state index >= 15 is 0 Å². The van der Waals surface area contributed by atoms with Crippen LogP contribution in [0.3, 0.4) is 0 Å². The Morgan fingerprint density at radius 2 is 1.29 bits per heavy atom. The molecule has 0 radical (unpaired) electrons. The molecule has 4 N–H and O–H groups in total. The summed E-state index contributed by atoms with van der Waals surface area (Å²) >= 11 is 0. The van der Waals surface area contributed by atoms with Gasteiger partial charge in [0.1, 0.15) is 5.76 Å². The number of hydrogen-bond acceptors (Lipinski definition) is 10. The van der Waals surface area contributed by atoms with Gasteiger partial charge in [-0.3, -0.25) is 14.4 Å². The number of aliphatic hydroxyl groups is 1. The summed E-state index contributed by atoms with van der Waals surface area (Å²) in [5.41, 5.74) is 7.75. The third-order valence-corrected chi connectivity index (χ3v) is 16.8. The first-order chi connectivity index (χ1) is 31.8. The summed E-state index contributed by atoms with van der Waals surface area (Å²) in [5, 5.41) is 15.2. The van der Waals surface area contributed by atoms with E-state index in [2.05, 4.69) is 43.4 Å². The zero-order chi connectivity index (χ0) is 46.8. The molecule has 1 aromatic carbocycles. The minimum absolute atomic E-state index is 0.00401. The van der Waals surface area contributed by atoms with Crippen LogP contribution in [-0.2, 0) is 47.3 Å². The molecule has 0 atom stereocenters. The van der Waals surface area contributed by atoms with Crippen molar-refractivity contribution in [3.8, 4) is 0 Å². The highest BCUT2D eigenvalue weighted by molar-refractivity contribution is 7.89. The minimum Gasteiger partial charge on any atom is -0.506 e. The number of rotatable bonds is 24. The molecule has 2 amide bonds. The monoisotopic (exact) mass is 948 g/mol. The Bertz CT molecular complexity index is 2410. The van der Waals surface area contributed by atoms with Crippen LogP contribution in [0.25, 0.3) is 5.57 Å². The predicted octanol–water partition coefficient (Wildman–Crippen LogP) is 7.86. The van der Waals surface area contributed by atoms with Crippen molar-refractivity contribution in [1.29, 1.82) is 0 Å². The molecule has 0 spiro atoms. The van der Waals surface area contributed by atoms with Gasteiger partial charge in [0.25, 0.3) is 0 Å². The highest BCUT2D eigenvalue weighted by Gasteiger charge is 2.43. The van der Waals surface area contributed by atoms with Gasteiger partial charge < -0.3 is 20.2 Å². The van der Waals surface area contributed by atoms with Gasteiger partial charge in [0.05, 0.1) is 34.1 Å². The van der Waals surface area contributed by atoms with Crippen LogP contribution in [-0.4, -0.2) is 101 Å². The van der Waals surface area contributed by atoms with Crippen molar-refractivity contribution in [2.24, 2.45) is 4.99 Å². The van der Waals surface area contributed by atoms with Crippen LogP contribution in [0.1, 0.15) is 159 Å². The van der Waals surface area contributed by atoms with Crippen LogP contribution in [0.5, 0.6) is 0 Å². The molecule has 66 heavy (non-hydrogen) atoms. The zero-order valence-electron chi connectivity index (χ0n) is 39.3. The lowest BCUT2D eigenvalue weighted by molar-refractivity contribution is -0.118. The highest BCUT2D eigenvalue weighted by Crippen LogP contribution is 2.49. The van der Waals surface area contributed by atoms with Crippen LogP contribution >= 0.6 is 0 Å². The summed E-state index contributed by atoms with van der Waals surface area (Å²) in [5.74, 6) is -1.55. The summed E-state index contributed by atoms with van der Waals surface area (Å²) in [4.78, 5) is 51.4. The molecule has 1 fully saturated rings. The van der Waals surface area contributed by atoms with Crippen LogP contribution in [0.4, 0.5) is 11.4 Å². The largest absolute Gasteiger partial charge is 0.506 e. The number of piperidine rings is 1. The fraction of sp³-hybridized carbons (Fsp3) is 0.640. The number of allylic oxidation sites excluding steroid dienone is 6. The first-order valence-corrected chi connectivity index (χ1v) is 28.3. The average Bonchev–Trinajstić information content (AvgIpc) is 3.28. The number of benzene rings is 1. The standard InChI is InChI=1S/C50H72N6O8S2/c1-3-5-7-9-11-13-31-65(61,62)51-25-23-41(57)53-45-37-21-17-29-55-27-15-19-35(47(37)55)33-39(45)43-49(59)44(50(43)60)40-34-36-20-16-28-56-30-18-22-38(48(36)56)46(40)54-42(58)24-26-52-66(63,64)32-14-12-10-8-6-4-2/h33-34,51-52,59H,3-32H2,1-2H3,(H,53,57). The number of nitrogens with one attached hydrogen (secondary N) is 3. The molecule has 0 aromatic heterocycles. The van der Waals surface area contributed by atoms with E-state index in [9.17, 15) is 36.3 Å². The maximum atomic E-state index is 14.8. The minimum atomic E-state index is -3.56. The lowest BCUT2D eigenvalue weighted by Gasteiger charge is -2.42.